The quantitative estimate of drug-likeness (QED) is 0.228. The summed E-state index contributed by atoms with van der Waals surface area (Å²) in [6.45, 7) is 8.79. The van der Waals surface area contributed by atoms with Crippen molar-refractivity contribution in [1.29, 1.82) is 0 Å². The van der Waals surface area contributed by atoms with Crippen molar-refractivity contribution in [2.75, 3.05) is 19.0 Å². The summed E-state index contributed by atoms with van der Waals surface area (Å²) in [5.41, 5.74) is 2.65. The summed E-state index contributed by atoms with van der Waals surface area (Å²) in [6.07, 6.45) is 9.50. The first-order chi connectivity index (χ1) is 14.1. The first kappa shape index (κ1) is 24.4. The fraction of sp³-hybridized carbons (Fsp3) is 0.714. The third kappa shape index (κ3) is 6.81. The van der Waals surface area contributed by atoms with Gasteiger partial charge in [-0.15, -0.1) is 11.8 Å². The third-order valence-electron chi connectivity index (χ3n) is 4.66. The number of unbranched alkanes of at least 4 members (excludes halogenated alkanes) is 4. The van der Waals surface area contributed by atoms with E-state index in [2.05, 4.69) is 18.9 Å². The summed E-state index contributed by atoms with van der Waals surface area (Å²) in [7, 11) is -3.36. The van der Waals surface area contributed by atoms with Crippen LogP contribution in [0.3, 0.4) is 0 Å². The van der Waals surface area contributed by atoms with Gasteiger partial charge in [0.25, 0.3) is 0 Å². The highest BCUT2D eigenvalue weighted by molar-refractivity contribution is 8.04. The molecule has 8 heteroatoms. The zero-order chi connectivity index (χ0) is 21.1. The Morgan fingerprint density at radius 3 is 2.45 bits per heavy atom. The van der Waals surface area contributed by atoms with Crippen LogP contribution in [0, 0.1) is 0 Å². The number of aromatic nitrogens is 3. The van der Waals surface area contributed by atoms with Gasteiger partial charge in [-0.05, 0) is 44.9 Å². The molecular formula is C21H36N3O3PS. The van der Waals surface area contributed by atoms with Crippen molar-refractivity contribution in [3.05, 3.63) is 29.7 Å². The number of thioether (sulfide) groups is 1. The van der Waals surface area contributed by atoms with Gasteiger partial charge in [-0.3, -0.25) is 4.57 Å². The normalized spacial score (nSPS) is 13.2. The largest absolute Gasteiger partial charge is 0.349 e. The lowest BCUT2D eigenvalue weighted by molar-refractivity contribution is 0.218. The van der Waals surface area contributed by atoms with E-state index in [1.54, 1.807) is 22.5 Å². The van der Waals surface area contributed by atoms with Crippen LogP contribution in [-0.4, -0.2) is 33.6 Å². The summed E-state index contributed by atoms with van der Waals surface area (Å²) in [4.78, 5) is 4.31. The minimum Gasteiger partial charge on any atom is -0.308 e. The predicted octanol–water partition coefficient (Wildman–Crippen LogP) is 6.65. The lowest BCUT2D eigenvalue weighted by atomic mass is 10.2. The van der Waals surface area contributed by atoms with Crippen LogP contribution < -0.4 is 0 Å². The molecule has 1 atom stereocenters. The van der Waals surface area contributed by atoms with Crippen molar-refractivity contribution in [3.63, 3.8) is 0 Å². The van der Waals surface area contributed by atoms with E-state index in [0.29, 0.717) is 13.2 Å². The molecule has 2 aromatic heterocycles. The molecule has 0 aliphatic rings. The molecule has 0 fully saturated rings. The topological polar surface area (TPSA) is 65.7 Å². The van der Waals surface area contributed by atoms with E-state index in [9.17, 15) is 4.57 Å². The maximum Gasteiger partial charge on any atom is 0.349 e. The lowest BCUT2D eigenvalue weighted by Crippen LogP contribution is -2.11. The second-order valence-electron chi connectivity index (χ2n) is 7.04. The van der Waals surface area contributed by atoms with Gasteiger partial charge in [0.05, 0.1) is 25.1 Å². The van der Waals surface area contributed by atoms with E-state index in [4.69, 9.17) is 14.0 Å². The molecule has 0 saturated heterocycles. The smallest absolute Gasteiger partial charge is 0.308 e. The lowest BCUT2D eigenvalue weighted by Gasteiger charge is -2.26. The first-order valence-corrected chi connectivity index (χ1v) is 13.6. The molecule has 2 rings (SSSR count). The second kappa shape index (κ2) is 12.7. The van der Waals surface area contributed by atoms with Gasteiger partial charge >= 0.3 is 7.60 Å². The Morgan fingerprint density at radius 2 is 1.79 bits per heavy atom. The van der Waals surface area contributed by atoms with E-state index in [-0.39, 0.29) is 0 Å². The van der Waals surface area contributed by atoms with Crippen molar-refractivity contribution in [3.8, 4) is 0 Å². The Hall–Kier alpha value is -0.880. The molecule has 6 nitrogen and oxygen atoms in total. The Balaban J connectivity index is 2.42. The van der Waals surface area contributed by atoms with E-state index in [1.165, 1.54) is 19.3 Å². The Kier molecular flexibility index (Phi) is 10.7. The molecule has 0 aromatic carbocycles. The number of nitrogens with zero attached hydrogens (tertiary/aromatic N) is 3. The zero-order valence-electron chi connectivity index (χ0n) is 18.3. The molecule has 164 valence electrons. The highest BCUT2D eigenvalue weighted by atomic mass is 32.2. The highest BCUT2D eigenvalue weighted by Gasteiger charge is 2.39. The summed E-state index contributed by atoms with van der Waals surface area (Å²) < 4.78 is 27.1. The van der Waals surface area contributed by atoms with Crippen molar-refractivity contribution < 1.29 is 13.6 Å². The number of aryl methyl sites for hydroxylation is 1. The van der Waals surface area contributed by atoms with Crippen molar-refractivity contribution >= 4 is 25.0 Å². The molecule has 0 bridgehead atoms. The van der Waals surface area contributed by atoms with Gasteiger partial charge in [0, 0.05) is 11.8 Å². The standard InChI is InChI=1S/C21H36N3O3PS/c1-5-9-11-12-16-29-21(28(25,26-7-3)27-8-4)19-17-18(13-10-6-2)23-20-14-15-22-24(19)20/h14-15,17,21H,5-13,16H2,1-4H3. The van der Waals surface area contributed by atoms with Crippen LogP contribution in [0.1, 0.15) is 82.6 Å². The fourth-order valence-electron chi connectivity index (χ4n) is 3.25. The average Bonchev–Trinajstić information content (AvgIpc) is 3.17. The number of fused-ring (bicyclic) bond motifs is 1. The number of hydrogen-bond donors (Lipinski definition) is 0. The third-order valence-corrected chi connectivity index (χ3v) is 9.04. The Labute approximate surface area is 179 Å². The molecule has 1 unspecified atom stereocenters. The summed E-state index contributed by atoms with van der Waals surface area (Å²) in [6, 6.07) is 3.94. The maximum atomic E-state index is 13.8. The zero-order valence-corrected chi connectivity index (χ0v) is 20.0. The van der Waals surface area contributed by atoms with E-state index >= 15 is 0 Å². The van der Waals surface area contributed by atoms with Crippen LogP contribution in [0.25, 0.3) is 5.65 Å². The Bertz CT molecular complexity index is 774. The monoisotopic (exact) mass is 441 g/mol. The van der Waals surface area contributed by atoms with Crippen LogP contribution >= 0.6 is 19.4 Å². The van der Waals surface area contributed by atoms with E-state index in [0.717, 1.165) is 48.5 Å². The van der Waals surface area contributed by atoms with Crippen LogP contribution in [-0.2, 0) is 20.0 Å². The van der Waals surface area contributed by atoms with Gasteiger partial charge < -0.3 is 9.05 Å². The van der Waals surface area contributed by atoms with Crippen LogP contribution in [0.5, 0.6) is 0 Å². The van der Waals surface area contributed by atoms with Crippen molar-refractivity contribution in [2.24, 2.45) is 0 Å². The minimum atomic E-state index is -3.36. The summed E-state index contributed by atoms with van der Waals surface area (Å²) in [5, 5.41) is 4.46. The summed E-state index contributed by atoms with van der Waals surface area (Å²) >= 11 is 1.66. The molecule has 0 radical (unpaired) electrons. The maximum absolute atomic E-state index is 13.8. The Morgan fingerprint density at radius 1 is 1.07 bits per heavy atom. The predicted molar refractivity (Wildman–Crippen MR) is 122 cm³/mol. The molecule has 0 spiro atoms. The number of hydrogen-bond acceptors (Lipinski definition) is 6. The molecule has 2 aromatic rings. The molecule has 0 N–H and O–H groups in total. The van der Waals surface area contributed by atoms with Crippen molar-refractivity contribution in [1.82, 2.24) is 14.6 Å². The van der Waals surface area contributed by atoms with Gasteiger partial charge in [-0.2, -0.15) is 5.10 Å². The van der Waals surface area contributed by atoms with Gasteiger partial charge in [0.15, 0.2) is 5.65 Å². The molecule has 0 aliphatic heterocycles. The highest BCUT2D eigenvalue weighted by Crippen LogP contribution is 2.65. The first-order valence-electron chi connectivity index (χ1n) is 10.9. The SMILES string of the molecule is CCCCCCSC(c1cc(CCCC)nc2ccnn12)P(=O)(OCC)OCC. The van der Waals surface area contributed by atoms with E-state index in [1.807, 2.05) is 26.0 Å². The molecule has 29 heavy (non-hydrogen) atoms. The molecule has 0 amide bonds. The van der Waals surface area contributed by atoms with E-state index < -0.39 is 12.6 Å². The molecular weight excluding hydrogens is 405 g/mol. The van der Waals surface area contributed by atoms with Crippen LogP contribution in [0.4, 0.5) is 0 Å². The molecule has 2 heterocycles. The molecule has 0 aliphatic carbocycles. The average molecular weight is 442 g/mol. The molecule has 0 saturated carbocycles. The number of rotatable bonds is 15. The van der Waals surface area contributed by atoms with Crippen LogP contribution in [0.2, 0.25) is 0 Å². The second-order valence-corrected chi connectivity index (χ2v) is 10.7. The van der Waals surface area contributed by atoms with Gasteiger partial charge in [0.2, 0.25) is 0 Å². The fourth-order valence-corrected chi connectivity index (χ4v) is 7.17. The van der Waals surface area contributed by atoms with Gasteiger partial charge in [-0.1, -0.05) is 39.5 Å². The minimum absolute atomic E-state index is 0.347. The van der Waals surface area contributed by atoms with Crippen LogP contribution in [0.15, 0.2) is 18.3 Å². The van der Waals surface area contributed by atoms with Gasteiger partial charge in [-0.25, -0.2) is 9.50 Å². The summed E-state index contributed by atoms with van der Waals surface area (Å²) in [5.74, 6) is 0.907. The van der Waals surface area contributed by atoms with Crippen molar-refractivity contribution in [2.45, 2.75) is 77.6 Å². The van der Waals surface area contributed by atoms with Gasteiger partial charge in [0.1, 0.15) is 4.99 Å².